The van der Waals surface area contributed by atoms with Crippen LogP contribution in [0.15, 0.2) is 30.6 Å². The van der Waals surface area contributed by atoms with Crippen molar-refractivity contribution in [3.63, 3.8) is 0 Å². The first-order valence-corrected chi connectivity index (χ1v) is 3.64. The number of carbonyl (C=O) groups excluding carboxylic acids is 1. The molecular formula is C8H10ClNO3. The van der Waals surface area contributed by atoms with E-state index in [-0.39, 0.29) is 12.4 Å². The van der Waals surface area contributed by atoms with Crippen LogP contribution in [0.1, 0.15) is 6.92 Å². The second-order valence-electron chi connectivity index (χ2n) is 2.01. The summed E-state index contributed by atoms with van der Waals surface area (Å²) in [4.78, 5) is 15.5. The fraction of sp³-hybridized carbons (Fsp3) is 0.250. The van der Waals surface area contributed by atoms with E-state index in [1.807, 2.05) is 6.07 Å². The minimum Gasteiger partial charge on any atom is -1.00 e. The standard InChI is InChI=1S/C8H10NO3.ClH/c1-2-11-8(10)12-9-6-4-3-5-7-9;/h3-7H,2H2,1H3;1H/q+1;/p-1. The average Bonchev–Trinajstić information content (AvgIpc) is 2.06. The molecule has 0 atom stereocenters. The van der Waals surface area contributed by atoms with Crippen molar-refractivity contribution in [2.45, 2.75) is 6.92 Å². The topological polar surface area (TPSA) is 39.4 Å². The van der Waals surface area contributed by atoms with Crippen LogP contribution in [0.25, 0.3) is 0 Å². The fourth-order valence-corrected chi connectivity index (χ4v) is 0.674. The highest BCUT2D eigenvalue weighted by Gasteiger charge is 2.09. The van der Waals surface area contributed by atoms with Gasteiger partial charge in [0, 0.05) is 16.9 Å². The lowest BCUT2D eigenvalue weighted by molar-refractivity contribution is -0.870. The van der Waals surface area contributed by atoms with Crippen LogP contribution in [-0.4, -0.2) is 12.8 Å². The fourth-order valence-electron chi connectivity index (χ4n) is 0.674. The van der Waals surface area contributed by atoms with E-state index in [2.05, 4.69) is 4.74 Å². The van der Waals surface area contributed by atoms with Gasteiger partial charge in [-0.05, 0) is 6.92 Å². The maximum Gasteiger partial charge on any atom is 0.572 e. The number of halogens is 1. The van der Waals surface area contributed by atoms with Crippen LogP contribution in [0.2, 0.25) is 0 Å². The first-order valence-electron chi connectivity index (χ1n) is 3.64. The molecule has 1 aromatic rings. The Balaban J connectivity index is 0.00000144. The van der Waals surface area contributed by atoms with Crippen LogP contribution < -0.4 is 22.0 Å². The summed E-state index contributed by atoms with van der Waals surface area (Å²) in [6.07, 6.45) is 2.52. The molecule has 1 heterocycles. The van der Waals surface area contributed by atoms with Gasteiger partial charge in [0.2, 0.25) is 12.4 Å². The second kappa shape index (κ2) is 6.25. The van der Waals surface area contributed by atoms with Crippen molar-refractivity contribution < 1.29 is 31.5 Å². The highest BCUT2D eigenvalue weighted by Crippen LogP contribution is 1.78. The smallest absolute Gasteiger partial charge is 0.572 e. The molecule has 0 saturated carbocycles. The molecule has 13 heavy (non-hydrogen) atoms. The van der Waals surface area contributed by atoms with Crippen LogP contribution in [0.3, 0.4) is 0 Å². The number of pyridine rings is 1. The van der Waals surface area contributed by atoms with Crippen molar-refractivity contribution in [1.29, 1.82) is 0 Å². The maximum atomic E-state index is 10.7. The van der Waals surface area contributed by atoms with Gasteiger partial charge >= 0.3 is 6.16 Å². The van der Waals surface area contributed by atoms with E-state index >= 15 is 0 Å². The summed E-state index contributed by atoms with van der Waals surface area (Å²) in [5.41, 5.74) is 0. The number of hydrogen-bond acceptors (Lipinski definition) is 3. The summed E-state index contributed by atoms with van der Waals surface area (Å²) in [6, 6.07) is 5.32. The van der Waals surface area contributed by atoms with E-state index in [1.54, 1.807) is 31.5 Å². The molecule has 0 amide bonds. The molecule has 0 bridgehead atoms. The molecule has 0 aliphatic heterocycles. The quantitative estimate of drug-likeness (QED) is 0.396. The Morgan fingerprint density at radius 1 is 1.31 bits per heavy atom. The minimum atomic E-state index is -0.700. The highest BCUT2D eigenvalue weighted by atomic mass is 35.5. The lowest BCUT2D eigenvalue weighted by Crippen LogP contribution is -3.00. The molecule has 0 spiro atoms. The number of hydrogen-bond donors (Lipinski definition) is 0. The predicted molar refractivity (Wildman–Crippen MR) is 40.2 cm³/mol. The van der Waals surface area contributed by atoms with Crippen molar-refractivity contribution in [3.05, 3.63) is 30.6 Å². The van der Waals surface area contributed by atoms with Gasteiger partial charge in [-0.1, -0.05) is 6.07 Å². The van der Waals surface area contributed by atoms with Gasteiger partial charge in [0.05, 0.1) is 6.61 Å². The van der Waals surface area contributed by atoms with Crippen LogP contribution >= 0.6 is 0 Å². The number of aromatic nitrogens is 1. The van der Waals surface area contributed by atoms with E-state index in [0.717, 1.165) is 0 Å². The van der Waals surface area contributed by atoms with E-state index < -0.39 is 6.16 Å². The second-order valence-corrected chi connectivity index (χ2v) is 2.01. The summed E-state index contributed by atoms with van der Waals surface area (Å²) in [5, 5.41) is 0. The van der Waals surface area contributed by atoms with E-state index in [4.69, 9.17) is 4.84 Å². The SMILES string of the molecule is CCOC(=O)O[n+]1ccccc1.[Cl-]. The summed E-state index contributed by atoms with van der Waals surface area (Å²) in [5.74, 6) is 0. The number of rotatable bonds is 2. The van der Waals surface area contributed by atoms with Crippen molar-refractivity contribution >= 4 is 6.16 Å². The van der Waals surface area contributed by atoms with Gasteiger partial charge in [0.15, 0.2) is 0 Å². The van der Waals surface area contributed by atoms with Crippen LogP contribution in [0, 0.1) is 0 Å². The molecule has 0 fully saturated rings. The van der Waals surface area contributed by atoms with Crippen LogP contribution in [0.4, 0.5) is 4.79 Å². The Morgan fingerprint density at radius 2 is 1.92 bits per heavy atom. The van der Waals surface area contributed by atoms with Crippen molar-refractivity contribution in [2.75, 3.05) is 6.61 Å². The average molecular weight is 204 g/mol. The molecule has 0 aliphatic rings. The van der Waals surface area contributed by atoms with Crippen LogP contribution in [-0.2, 0) is 4.74 Å². The van der Waals surface area contributed by atoms with Crippen molar-refractivity contribution in [1.82, 2.24) is 0 Å². The van der Waals surface area contributed by atoms with Gasteiger partial charge in [-0.3, -0.25) is 0 Å². The molecular weight excluding hydrogens is 194 g/mol. The third-order valence-electron chi connectivity index (χ3n) is 1.13. The minimum absolute atomic E-state index is 0. The highest BCUT2D eigenvalue weighted by molar-refractivity contribution is 5.59. The molecule has 0 aromatic carbocycles. The first kappa shape index (κ1) is 11.7. The van der Waals surface area contributed by atoms with Crippen molar-refractivity contribution in [2.24, 2.45) is 0 Å². The monoisotopic (exact) mass is 203 g/mol. The number of nitrogens with zero attached hydrogens (tertiary/aromatic N) is 1. The molecule has 0 radical (unpaired) electrons. The van der Waals surface area contributed by atoms with Gasteiger partial charge < -0.3 is 17.1 Å². The number of carbonyl (C=O) groups is 1. The molecule has 0 saturated heterocycles. The Kier molecular flexibility index (Phi) is 5.63. The maximum absolute atomic E-state index is 10.7. The molecule has 0 N–H and O–H groups in total. The lowest BCUT2D eigenvalue weighted by Gasteiger charge is -1.95. The number of ether oxygens (including phenoxy) is 1. The van der Waals surface area contributed by atoms with Crippen LogP contribution in [0.5, 0.6) is 0 Å². The van der Waals surface area contributed by atoms with E-state index in [0.29, 0.717) is 6.61 Å². The summed E-state index contributed by atoms with van der Waals surface area (Å²) in [7, 11) is 0. The van der Waals surface area contributed by atoms with E-state index in [1.165, 1.54) is 4.73 Å². The zero-order valence-corrected chi connectivity index (χ0v) is 7.90. The molecule has 1 rings (SSSR count). The third-order valence-corrected chi connectivity index (χ3v) is 1.13. The summed E-state index contributed by atoms with van der Waals surface area (Å²) < 4.78 is 5.84. The Labute approximate surface area is 82.5 Å². The lowest BCUT2D eigenvalue weighted by atomic mass is 10.5. The molecule has 0 aliphatic carbocycles. The predicted octanol–water partition coefficient (Wildman–Crippen LogP) is -2.44. The molecule has 5 heteroatoms. The van der Waals surface area contributed by atoms with E-state index in [9.17, 15) is 4.79 Å². The summed E-state index contributed by atoms with van der Waals surface area (Å²) >= 11 is 0. The van der Waals surface area contributed by atoms with Crippen molar-refractivity contribution in [3.8, 4) is 0 Å². The first-order chi connectivity index (χ1) is 5.83. The Morgan fingerprint density at radius 3 is 2.46 bits per heavy atom. The van der Waals surface area contributed by atoms with Gasteiger partial charge in [-0.2, -0.15) is 4.79 Å². The molecule has 4 nitrogen and oxygen atoms in total. The molecule has 1 aromatic heterocycles. The van der Waals surface area contributed by atoms with Gasteiger partial charge in [-0.15, -0.1) is 4.84 Å². The zero-order chi connectivity index (χ0) is 8.81. The normalized spacial score (nSPS) is 8.38. The summed E-state index contributed by atoms with van der Waals surface area (Å²) in [6.45, 7) is 2.03. The van der Waals surface area contributed by atoms with Gasteiger partial charge in [0.1, 0.15) is 0 Å². The zero-order valence-electron chi connectivity index (χ0n) is 7.14. The largest absolute Gasteiger partial charge is 1.00 e. The van der Waals surface area contributed by atoms with Gasteiger partial charge in [0.25, 0.3) is 0 Å². The Bertz CT molecular complexity index is 253. The molecule has 0 unspecified atom stereocenters. The third kappa shape index (κ3) is 4.32. The molecule has 72 valence electrons. The Hall–Kier alpha value is -1.29. The van der Waals surface area contributed by atoms with Gasteiger partial charge in [-0.25, -0.2) is 0 Å².